The zero-order valence-corrected chi connectivity index (χ0v) is 13.0. The number of hydrogen-bond donors (Lipinski definition) is 0. The average Bonchev–Trinajstić information content (AvgIpc) is 2.33. The Morgan fingerprint density at radius 1 is 0.750 bits per heavy atom. The zero-order valence-electron chi connectivity index (χ0n) is 11.3. The lowest BCUT2D eigenvalue weighted by Gasteiger charge is -2.04. The Kier molecular flexibility index (Phi) is 7.72. The molecule has 0 unspecified atom stereocenters. The molecule has 0 N–H and O–H groups in total. The minimum Gasteiger partial charge on any atom is -0.468 e. The van der Waals surface area contributed by atoms with Crippen LogP contribution in [0.4, 0.5) is 0 Å². The normalized spacial score (nSPS) is 11.9. The van der Waals surface area contributed by atoms with Crippen LogP contribution in [0.5, 0.6) is 0 Å². The fourth-order valence-corrected chi connectivity index (χ4v) is 3.80. The van der Waals surface area contributed by atoms with Gasteiger partial charge in [-0.3, -0.25) is 9.59 Å². The number of carbonyl (C=O) groups excluding carboxylic acids is 2. The van der Waals surface area contributed by atoms with Gasteiger partial charge in [0.05, 0.1) is 25.7 Å². The minimum atomic E-state index is -3.60. The molecule has 0 aromatic carbocycles. The van der Waals surface area contributed by atoms with Gasteiger partial charge in [-0.2, -0.15) is 0 Å². The van der Waals surface area contributed by atoms with E-state index >= 15 is 0 Å². The number of ether oxygens (including phenoxy) is 2. The molecule has 0 aliphatic rings. The van der Waals surface area contributed by atoms with Crippen molar-refractivity contribution in [2.24, 2.45) is 0 Å². The van der Waals surface area contributed by atoms with Crippen molar-refractivity contribution in [3.05, 3.63) is 0 Å². The fraction of sp³-hybridized carbons (Fsp3) is 0.800. The average molecular weight is 330 g/mol. The molecule has 0 spiro atoms. The topological polar surface area (TPSA) is 121 Å². The van der Waals surface area contributed by atoms with Crippen molar-refractivity contribution < 1.29 is 35.9 Å². The van der Waals surface area contributed by atoms with Crippen LogP contribution in [0.2, 0.25) is 0 Å². The molecular formula is C10H18O8S2. The number of unbranched alkanes of at least 4 members (excludes halogenated alkanes) is 1. The van der Waals surface area contributed by atoms with Crippen molar-refractivity contribution in [1.82, 2.24) is 0 Å². The standard InChI is InChI=1S/C10H18O8S2/c1-17-9(11)7-19(13,14)5-3-4-6-20(15,16)8-10(12)18-2/h3-8H2,1-2H3. The zero-order chi connectivity index (χ0) is 15.8. The van der Waals surface area contributed by atoms with Crippen LogP contribution < -0.4 is 0 Å². The van der Waals surface area contributed by atoms with Gasteiger partial charge in [0.1, 0.15) is 11.5 Å². The SMILES string of the molecule is COC(=O)CS(=O)(=O)CCCCS(=O)(=O)CC(=O)OC. The summed E-state index contributed by atoms with van der Waals surface area (Å²) < 4.78 is 54.2. The van der Waals surface area contributed by atoms with Gasteiger partial charge in [0.25, 0.3) is 0 Å². The summed E-state index contributed by atoms with van der Waals surface area (Å²) in [5.41, 5.74) is 0. The van der Waals surface area contributed by atoms with Gasteiger partial charge in [-0.15, -0.1) is 0 Å². The van der Waals surface area contributed by atoms with Gasteiger partial charge in [-0.1, -0.05) is 0 Å². The van der Waals surface area contributed by atoms with Crippen molar-refractivity contribution in [1.29, 1.82) is 0 Å². The molecule has 0 saturated carbocycles. The van der Waals surface area contributed by atoms with E-state index in [1.165, 1.54) is 0 Å². The molecule has 0 fully saturated rings. The Labute approximate surface area is 118 Å². The number of sulfone groups is 2. The summed E-state index contributed by atoms with van der Waals surface area (Å²) in [5.74, 6) is -3.78. The lowest BCUT2D eigenvalue weighted by molar-refractivity contribution is -0.138. The first kappa shape index (κ1) is 18.8. The molecule has 0 amide bonds. The number of carbonyl (C=O) groups is 2. The molecule has 0 aromatic rings. The Balaban J connectivity index is 4.14. The van der Waals surface area contributed by atoms with Gasteiger partial charge >= 0.3 is 11.9 Å². The van der Waals surface area contributed by atoms with Gasteiger partial charge in [0.15, 0.2) is 19.7 Å². The van der Waals surface area contributed by atoms with Crippen LogP contribution in [0.15, 0.2) is 0 Å². The van der Waals surface area contributed by atoms with E-state index in [0.717, 1.165) is 14.2 Å². The quantitative estimate of drug-likeness (QED) is 0.387. The largest absolute Gasteiger partial charge is 0.468 e. The summed E-state index contributed by atoms with van der Waals surface area (Å²) in [4.78, 5) is 21.7. The van der Waals surface area contributed by atoms with Gasteiger partial charge in [-0.05, 0) is 12.8 Å². The molecule has 0 bridgehead atoms. The predicted octanol–water partition coefficient (Wildman–Crippen LogP) is -1.06. The highest BCUT2D eigenvalue weighted by Crippen LogP contribution is 2.03. The molecule has 0 atom stereocenters. The molecule has 118 valence electrons. The van der Waals surface area contributed by atoms with Crippen LogP contribution in [-0.2, 0) is 38.7 Å². The van der Waals surface area contributed by atoms with E-state index < -0.39 is 43.1 Å². The van der Waals surface area contributed by atoms with Crippen LogP contribution in [0, 0.1) is 0 Å². The second kappa shape index (κ2) is 8.20. The third-order valence-corrected chi connectivity index (χ3v) is 5.46. The highest BCUT2D eigenvalue weighted by Gasteiger charge is 2.19. The Hall–Kier alpha value is -1.16. The summed E-state index contributed by atoms with van der Waals surface area (Å²) >= 11 is 0. The molecule has 10 heteroatoms. The second-order valence-corrected chi connectivity index (χ2v) is 8.41. The van der Waals surface area contributed by atoms with E-state index in [2.05, 4.69) is 9.47 Å². The van der Waals surface area contributed by atoms with Gasteiger partial charge < -0.3 is 9.47 Å². The van der Waals surface area contributed by atoms with Crippen LogP contribution in [-0.4, -0.2) is 66.0 Å². The summed E-state index contributed by atoms with van der Waals surface area (Å²) in [6.07, 6.45) is 0.166. The Bertz CT molecular complexity index is 482. The minimum absolute atomic E-state index is 0.0831. The number of hydrogen-bond acceptors (Lipinski definition) is 8. The molecule has 0 aromatic heterocycles. The third kappa shape index (κ3) is 8.86. The van der Waals surface area contributed by atoms with Crippen LogP contribution in [0.1, 0.15) is 12.8 Å². The maximum atomic E-state index is 11.4. The molecule has 8 nitrogen and oxygen atoms in total. The van der Waals surface area contributed by atoms with Crippen LogP contribution in [0.3, 0.4) is 0 Å². The third-order valence-electron chi connectivity index (χ3n) is 2.29. The Morgan fingerprint density at radius 2 is 1.05 bits per heavy atom. The van der Waals surface area contributed by atoms with E-state index in [1.807, 2.05) is 0 Å². The summed E-state index contributed by atoms with van der Waals surface area (Å²) in [6, 6.07) is 0. The van der Waals surface area contributed by atoms with Crippen LogP contribution in [0.25, 0.3) is 0 Å². The van der Waals surface area contributed by atoms with Crippen molar-refractivity contribution in [3.63, 3.8) is 0 Å². The van der Waals surface area contributed by atoms with E-state index in [9.17, 15) is 26.4 Å². The van der Waals surface area contributed by atoms with Crippen molar-refractivity contribution >= 4 is 31.6 Å². The molecular weight excluding hydrogens is 312 g/mol. The van der Waals surface area contributed by atoms with E-state index in [-0.39, 0.29) is 24.3 Å². The highest BCUT2D eigenvalue weighted by molar-refractivity contribution is 7.92. The van der Waals surface area contributed by atoms with E-state index in [0.29, 0.717) is 0 Å². The molecule has 0 saturated heterocycles. The molecule has 20 heavy (non-hydrogen) atoms. The maximum absolute atomic E-state index is 11.4. The highest BCUT2D eigenvalue weighted by atomic mass is 32.2. The second-order valence-electron chi connectivity index (χ2n) is 4.04. The van der Waals surface area contributed by atoms with Gasteiger partial charge in [-0.25, -0.2) is 16.8 Å². The summed E-state index contributed by atoms with van der Waals surface area (Å²) in [7, 11) is -5.04. The Morgan fingerprint density at radius 3 is 1.30 bits per heavy atom. The molecule has 0 radical (unpaired) electrons. The molecule has 0 aliphatic carbocycles. The smallest absolute Gasteiger partial charge is 0.320 e. The predicted molar refractivity (Wildman–Crippen MR) is 70.6 cm³/mol. The monoisotopic (exact) mass is 330 g/mol. The van der Waals surface area contributed by atoms with Gasteiger partial charge in [0, 0.05) is 0 Å². The fourth-order valence-electron chi connectivity index (χ4n) is 1.27. The molecule has 0 aliphatic heterocycles. The number of esters is 2. The number of rotatable bonds is 9. The van der Waals surface area contributed by atoms with E-state index in [4.69, 9.17) is 0 Å². The lowest BCUT2D eigenvalue weighted by atomic mass is 10.4. The summed E-state index contributed by atoms with van der Waals surface area (Å²) in [5, 5.41) is 0. The summed E-state index contributed by atoms with van der Waals surface area (Å²) in [6.45, 7) is 0. The first-order valence-electron chi connectivity index (χ1n) is 5.66. The van der Waals surface area contributed by atoms with E-state index in [1.54, 1.807) is 0 Å². The molecule has 0 heterocycles. The number of methoxy groups -OCH3 is 2. The molecule has 0 rings (SSSR count). The first-order valence-corrected chi connectivity index (χ1v) is 9.30. The first-order chi connectivity index (χ1) is 9.12. The maximum Gasteiger partial charge on any atom is 0.320 e. The van der Waals surface area contributed by atoms with Crippen molar-refractivity contribution in [2.75, 3.05) is 37.2 Å². The lowest BCUT2D eigenvalue weighted by Crippen LogP contribution is -2.22. The van der Waals surface area contributed by atoms with Crippen LogP contribution >= 0.6 is 0 Å². The van der Waals surface area contributed by atoms with Crippen molar-refractivity contribution in [2.45, 2.75) is 12.8 Å². The van der Waals surface area contributed by atoms with Crippen molar-refractivity contribution in [3.8, 4) is 0 Å². The van der Waals surface area contributed by atoms with Gasteiger partial charge in [0.2, 0.25) is 0 Å².